The van der Waals surface area contributed by atoms with Gasteiger partial charge in [-0.25, -0.2) is 0 Å². The number of ether oxygens (including phenoxy) is 1. The van der Waals surface area contributed by atoms with E-state index in [-0.39, 0.29) is 23.8 Å². The molecule has 0 unspecified atom stereocenters. The van der Waals surface area contributed by atoms with Gasteiger partial charge in [0.05, 0.1) is 6.61 Å². The van der Waals surface area contributed by atoms with E-state index in [1.165, 1.54) is 0 Å². The van der Waals surface area contributed by atoms with Crippen molar-refractivity contribution in [2.45, 2.75) is 25.3 Å². The van der Waals surface area contributed by atoms with Gasteiger partial charge >= 0.3 is 5.97 Å². The average molecular weight is 367 g/mol. The number of carbonyl (C=O) groups is 2. The van der Waals surface area contributed by atoms with Crippen molar-refractivity contribution in [3.05, 3.63) is 28.7 Å². The highest BCUT2D eigenvalue weighted by atomic mass is 79.9. The van der Waals surface area contributed by atoms with Gasteiger partial charge in [-0.15, -0.1) is 0 Å². The van der Waals surface area contributed by atoms with Crippen LogP contribution in [0.3, 0.4) is 0 Å². The number of likely N-dealkylation sites (tertiary alicyclic amines) is 1. The van der Waals surface area contributed by atoms with Crippen molar-refractivity contribution in [3.63, 3.8) is 0 Å². The highest BCUT2D eigenvalue weighted by Crippen LogP contribution is 2.24. The molecule has 0 radical (unpaired) electrons. The number of cyclic esters (lactones) is 1. The fraction of sp³-hybridized carbons (Fsp3) is 0.500. The molecular formula is C16H19BrN2O3. The Kier molecular flexibility index (Phi) is 4.78. The molecule has 2 fully saturated rings. The van der Waals surface area contributed by atoms with E-state index < -0.39 is 0 Å². The Hall–Kier alpha value is -1.40. The number of esters is 1. The summed E-state index contributed by atoms with van der Waals surface area (Å²) in [7, 11) is 0. The first-order valence-corrected chi connectivity index (χ1v) is 8.40. The molecule has 1 N–H and O–H groups in total. The van der Waals surface area contributed by atoms with E-state index in [4.69, 9.17) is 4.74 Å². The highest BCUT2D eigenvalue weighted by molar-refractivity contribution is 9.10. The zero-order chi connectivity index (χ0) is 15.5. The fourth-order valence-electron chi connectivity index (χ4n) is 3.07. The van der Waals surface area contributed by atoms with Crippen LogP contribution >= 0.6 is 15.9 Å². The second-order valence-electron chi connectivity index (χ2n) is 5.78. The van der Waals surface area contributed by atoms with Crippen LogP contribution in [0.25, 0.3) is 0 Å². The number of amides is 1. The van der Waals surface area contributed by atoms with Crippen LogP contribution in [0.1, 0.15) is 19.3 Å². The third-order valence-electron chi connectivity index (χ3n) is 4.36. The van der Waals surface area contributed by atoms with Crippen molar-refractivity contribution in [2.24, 2.45) is 5.92 Å². The van der Waals surface area contributed by atoms with Gasteiger partial charge in [0.2, 0.25) is 5.91 Å². The van der Waals surface area contributed by atoms with Crippen LogP contribution in [0.4, 0.5) is 5.69 Å². The molecule has 5 nitrogen and oxygen atoms in total. The first-order chi connectivity index (χ1) is 10.6. The molecule has 2 aliphatic rings. The van der Waals surface area contributed by atoms with Gasteiger partial charge < -0.3 is 10.1 Å². The predicted molar refractivity (Wildman–Crippen MR) is 86.4 cm³/mol. The van der Waals surface area contributed by atoms with Crippen LogP contribution in [0.15, 0.2) is 28.7 Å². The summed E-state index contributed by atoms with van der Waals surface area (Å²) >= 11 is 3.38. The smallest absolute Gasteiger partial charge is 0.323 e. The van der Waals surface area contributed by atoms with Gasteiger partial charge in [0.1, 0.15) is 6.04 Å². The number of nitrogens with one attached hydrogen (secondary N) is 1. The lowest BCUT2D eigenvalue weighted by Gasteiger charge is -2.33. The molecule has 1 amide bonds. The van der Waals surface area contributed by atoms with E-state index in [2.05, 4.69) is 26.1 Å². The van der Waals surface area contributed by atoms with E-state index in [1.54, 1.807) is 0 Å². The molecule has 2 saturated heterocycles. The zero-order valence-electron chi connectivity index (χ0n) is 12.3. The number of hydrogen-bond acceptors (Lipinski definition) is 4. The molecular weight excluding hydrogens is 348 g/mol. The molecule has 2 heterocycles. The Balaban J connectivity index is 1.51. The summed E-state index contributed by atoms with van der Waals surface area (Å²) in [5.74, 6) is -0.0361. The summed E-state index contributed by atoms with van der Waals surface area (Å²) < 4.78 is 6.01. The number of benzene rings is 1. The average Bonchev–Trinajstić information content (AvgIpc) is 2.96. The molecule has 118 valence electrons. The van der Waals surface area contributed by atoms with Crippen molar-refractivity contribution in [1.29, 1.82) is 0 Å². The minimum atomic E-state index is -0.113. The molecule has 1 atom stereocenters. The van der Waals surface area contributed by atoms with Gasteiger partial charge in [-0.1, -0.05) is 15.9 Å². The first kappa shape index (κ1) is 15.5. The highest BCUT2D eigenvalue weighted by Gasteiger charge is 2.35. The van der Waals surface area contributed by atoms with Gasteiger partial charge in [0, 0.05) is 22.5 Å². The molecule has 0 bridgehead atoms. The third-order valence-corrected chi connectivity index (χ3v) is 4.89. The normalized spacial score (nSPS) is 23.3. The number of hydrogen-bond donors (Lipinski definition) is 1. The maximum absolute atomic E-state index is 12.3. The van der Waals surface area contributed by atoms with Crippen LogP contribution < -0.4 is 5.32 Å². The van der Waals surface area contributed by atoms with Gasteiger partial charge in [-0.05, 0) is 50.2 Å². The van der Waals surface area contributed by atoms with E-state index in [0.29, 0.717) is 6.61 Å². The maximum atomic E-state index is 12.3. The molecule has 0 saturated carbocycles. The number of nitrogens with zero attached hydrogens (tertiary/aromatic N) is 1. The number of anilines is 1. The second kappa shape index (κ2) is 6.79. The Morgan fingerprint density at radius 2 is 1.86 bits per heavy atom. The Bertz CT molecular complexity index is 553. The van der Waals surface area contributed by atoms with Crippen molar-refractivity contribution >= 4 is 33.5 Å². The van der Waals surface area contributed by atoms with Crippen molar-refractivity contribution < 1.29 is 14.3 Å². The molecule has 3 rings (SSSR count). The van der Waals surface area contributed by atoms with E-state index in [0.717, 1.165) is 42.5 Å². The van der Waals surface area contributed by atoms with Gasteiger partial charge in [0.15, 0.2) is 0 Å². The monoisotopic (exact) mass is 366 g/mol. The predicted octanol–water partition coefficient (Wildman–Crippen LogP) is 2.42. The Morgan fingerprint density at radius 3 is 2.45 bits per heavy atom. The Morgan fingerprint density at radius 1 is 1.18 bits per heavy atom. The molecule has 6 heteroatoms. The summed E-state index contributed by atoms with van der Waals surface area (Å²) in [5.41, 5.74) is 0.815. The standard InChI is InChI=1S/C16H19BrN2O3/c17-12-1-3-13(4-2-12)18-15(20)11-5-8-19(9-6-11)14-7-10-22-16(14)21/h1-4,11,14H,5-10H2,(H,18,20)/t14-/m1/s1. The molecule has 22 heavy (non-hydrogen) atoms. The number of rotatable bonds is 3. The molecule has 0 aliphatic carbocycles. The minimum Gasteiger partial charge on any atom is -0.464 e. The summed E-state index contributed by atoms with van der Waals surface area (Å²) in [6.45, 7) is 2.07. The quantitative estimate of drug-likeness (QED) is 0.834. The van der Waals surface area contributed by atoms with Crippen LogP contribution in [0.5, 0.6) is 0 Å². The van der Waals surface area contributed by atoms with Crippen LogP contribution in [0.2, 0.25) is 0 Å². The van der Waals surface area contributed by atoms with Crippen molar-refractivity contribution in [3.8, 4) is 0 Å². The van der Waals surface area contributed by atoms with Crippen molar-refractivity contribution in [2.75, 3.05) is 25.0 Å². The van der Waals surface area contributed by atoms with Crippen LogP contribution in [0, 0.1) is 5.92 Å². The lowest BCUT2D eigenvalue weighted by Crippen LogP contribution is -2.45. The van der Waals surface area contributed by atoms with E-state index in [1.807, 2.05) is 24.3 Å². The van der Waals surface area contributed by atoms with E-state index >= 15 is 0 Å². The summed E-state index contributed by atoms with van der Waals surface area (Å²) in [5, 5.41) is 2.96. The summed E-state index contributed by atoms with van der Waals surface area (Å²) in [4.78, 5) is 26.1. The lowest BCUT2D eigenvalue weighted by atomic mass is 9.94. The number of halogens is 1. The van der Waals surface area contributed by atoms with E-state index in [9.17, 15) is 9.59 Å². The van der Waals surface area contributed by atoms with Crippen LogP contribution in [-0.4, -0.2) is 42.5 Å². The van der Waals surface area contributed by atoms with Gasteiger partial charge in [-0.2, -0.15) is 0 Å². The summed E-state index contributed by atoms with van der Waals surface area (Å²) in [6, 6.07) is 7.47. The topological polar surface area (TPSA) is 58.6 Å². The summed E-state index contributed by atoms with van der Waals surface area (Å²) in [6.07, 6.45) is 2.34. The fourth-order valence-corrected chi connectivity index (χ4v) is 3.33. The Labute approximate surface area is 138 Å². The van der Waals surface area contributed by atoms with Gasteiger partial charge in [0.25, 0.3) is 0 Å². The van der Waals surface area contributed by atoms with Crippen LogP contribution in [-0.2, 0) is 14.3 Å². The molecule has 1 aromatic carbocycles. The minimum absolute atomic E-state index is 0.0114. The largest absolute Gasteiger partial charge is 0.464 e. The first-order valence-electron chi connectivity index (χ1n) is 7.60. The molecule has 2 aliphatic heterocycles. The maximum Gasteiger partial charge on any atom is 0.323 e. The number of carbonyl (C=O) groups excluding carboxylic acids is 2. The molecule has 0 spiro atoms. The lowest BCUT2D eigenvalue weighted by molar-refractivity contribution is -0.142. The van der Waals surface area contributed by atoms with Gasteiger partial charge in [-0.3, -0.25) is 14.5 Å². The molecule has 0 aromatic heterocycles. The molecule has 1 aromatic rings. The third kappa shape index (κ3) is 3.50. The second-order valence-corrected chi connectivity index (χ2v) is 6.69. The van der Waals surface area contributed by atoms with Crippen molar-refractivity contribution in [1.82, 2.24) is 4.90 Å². The SMILES string of the molecule is O=C(Nc1ccc(Br)cc1)C1CCN([C@@H]2CCOC2=O)CC1. The number of piperidine rings is 1. The zero-order valence-corrected chi connectivity index (χ0v) is 13.8.